The molecule has 2 aromatic rings. The van der Waals surface area contributed by atoms with Gasteiger partial charge in [-0.1, -0.05) is 36.4 Å². The van der Waals surface area contributed by atoms with Crippen molar-refractivity contribution in [2.45, 2.75) is 12.8 Å². The highest BCUT2D eigenvalue weighted by Gasteiger charge is 2.19. The van der Waals surface area contributed by atoms with Gasteiger partial charge in [0.05, 0.1) is 6.42 Å². The van der Waals surface area contributed by atoms with Gasteiger partial charge >= 0.3 is 6.03 Å². The van der Waals surface area contributed by atoms with Crippen LogP contribution in [0.3, 0.4) is 0 Å². The van der Waals surface area contributed by atoms with Crippen molar-refractivity contribution in [1.29, 1.82) is 0 Å². The molecule has 5 heteroatoms. The van der Waals surface area contributed by atoms with Crippen molar-refractivity contribution >= 4 is 23.3 Å². The topological polar surface area (TPSA) is 61.4 Å². The fraction of sp³-hybridized carbons (Fsp3) is 0.200. The van der Waals surface area contributed by atoms with E-state index in [1.807, 2.05) is 30.3 Å². The molecule has 25 heavy (non-hydrogen) atoms. The van der Waals surface area contributed by atoms with Gasteiger partial charge in [-0.05, 0) is 35.7 Å². The zero-order valence-electron chi connectivity index (χ0n) is 14.0. The molecule has 0 radical (unpaired) electrons. The van der Waals surface area contributed by atoms with Gasteiger partial charge in [0.25, 0.3) is 0 Å². The average molecular weight is 335 g/mol. The number of amides is 3. The molecule has 3 rings (SSSR count). The smallest absolute Gasteiger partial charge is 0.322 e. The molecule has 0 atom stereocenters. The van der Waals surface area contributed by atoms with Crippen molar-refractivity contribution in [3.63, 3.8) is 0 Å². The Kier molecular flexibility index (Phi) is 5.14. The quantitative estimate of drug-likeness (QED) is 0.794. The molecule has 128 valence electrons. The highest BCUT2D eigenvalue weighted by Crippen LogP contribution is 2.26. The van der Waals surface area contributed by atoms with Gasteiger partial charge in [-0.25, -0.2) is 4.79 Å². The van der Waals surface area contributed by atoms with E-state index in [0.717, 1.165) is 17.7 Å². The van der Waals surface area contributed by atoms with Crippen LogP contribution in [0.5, 0.6) is 0 Å². The molecule has 0 saturated carbocycles. The van der Waals surface area contributed by atoms with E-state index < -0.39 is 0 Å². The number of nitrogens with zero attached hydrogens (tertiary/aromatic N) is 1. The van der Waals surface area contributed by atoms with Gasteiger partial charge in [0.2, 0.25) is 5.91 Å². The fourth-order valence-electron chi connectivity index (χ4n) is 2.85. The number of hydrogen-bond acceptors (Lipinski definition) is 2. The highest BCUT2D eigenvalue weighted by atomic mass is 16.2. The van der Waals surface area contributed by atoms with Crippen LogP contribution in [0.1, 0.15) is 11.1 Å². The van der Waals surface area contributed by atoms with Gasteiger partial charge in [-0.15, -0.1) is 6.58 Å². The number of hydrogen-bond donors (Lipinski definition) is 2. The standard InChI is InChI=1S/C20H21N3O2/c1-2-11-23(12-10-15-6-4-3-5-7-15)20(25)21-17-8-9-18-16(13-17)14-19(24)22-18/h2-9,13H,1,10-12,14H2,(H,21,25)(H,22,24). The maximum absolute atomic E-state index is 12.6. The zero-order chi connectivity index (χ0) is 17.6. The zero-order valence-corrected chi connectivity index (χ0v) is 14.0. The van der Waals surface area contributed by atoms with Crippen molar-refractivity contribution in [3.05, 3.63) is 72.3 Å². The van der Waals surface area contributed by atoms with Gasteiger partial charge in [-0.2, -0.15) is 0 Å². The molecule has 2 N–H and O–H groups in total. The van der Waals surface area contributed by atoms with Crippen molar-refractivity contribution in [3.8, 4) is 0 Å². The van der Waals surface area contributed by atoms with Crippen LogP contribution in [-0.4, -0.2) is 29.9 Å². The first-order valence-corrected chi connectivity index (χ1v) is 8.29. The lowest BCUT2D eigenvalue weighted by Crippen LogP contribution is -2.36. The molecule has 0 saturated heterocycles. The van der Waals surface area contributed by atoms with E-state index in [2.05, 4.69) is 29.3 Å². The Morgan fingerprint density at radius 3 is 2.80 bits per heavy atom. The summed E-state index contributed by atoms with van der Waals surface area (Å²) in [6.07, 6.45) is 2.85. The van der Waals surface area contributed by atoms with E-state index in [0.29, 0.717) is 25.2 Å². The summed E-state index contributed by atoms with van der Waals surface area (Å²) in [5, 5.41) is 5.69. The summed E-state index contributed by atoms with van der Waals surface area (Å²) < 4.78 is 0. The summed E-state index contributed by atoms with van der Waals surface area (Å²) >= 11 is 0. The van der Waals surface area contributed by atoms with Crippen LogP contribution >= 0.6 is 0 Å². The first kappa shape index (κ1) is 16.8. The Morgan fingerprint density at radius 2 is 2.04 bits per heavy atom. The number of benzene rings is 2. The third-order valence-electron chi connectivity index (χ3n) is 4.13. The summed E-state index contributed by atoms with van der Waals surface area (Å²) in [6, 6.07) is 15.3. The van der Waals surface area contributed by atoms with Crippen LogP contribution in [0.25, 0.3) is 0 Å². The Morgan fingerprint density at radius 1 is 1.24 bits per heavy atom. The SMILES string of the molecule is C=CCN(CCc1ccccc1)C(=O)Nc1ccc2c(c1)CC(=O)N2. The van der Waals surface area contributed by atoms with Crippen LogP contribution in [-0.2, 0) is 17.6 Å². The lowest BCUT2D eigenvalue weighted by atomic mass is 10.1. The molecule has 0 unspecified atom stereocenters. The summed E-state index contributed by atoms with van der Waals surface area (Å²) in [6.45, 7) is 4.81. The number of carbonyl (C=O) groups is 2. The maximum atomic E-state index is 12.6. The molecule has 0 fully saturated rings. The summed E-state index contributed by atoms with van der Waals surface area (Å²) in [5.41, 5.74) is 3.60. The van der Waals surface area contributed by atoms with Crippen LogP contribution in [0.4, 0.5) is 16.2 Å². The first-order chi connectivity index (χ1) is 12.2. The number of rotatable bonds is 6. The van der Waals surface area contributed by atoms with Crippen LogP contribution in [0.15, 0.2) is 61.2 Å². The van der Waals surface area contributed by atoms with E-state index in [4.69, 9.17) is 0 Å². The van der Waals surface area contributed by atoms with E-state index in [1.165, 1.54) is 5.56 Å². The minimum Gasteiger partial charge on any atom is -0.326 e. The monoisotopic (exact) mass is 335 g/mol. The summed E-state index contributed by atoms with van der Waals surface area (Å²) in [4.78, 5) is 25.7. The van der Waals surface area contributed by atoms with E-state index in [1.54, 1.807) is 17.0 Å². The van der Waals surface area contributed by atoms with Gasteiger partial charge in [0.15, 0.2) is 0 Å². The third-order valence-corrected chi connectivity index (χ3v) is 4.13. The maximum Gasteiger partial charge on any atom is 0.322 e. The normalized spacial score (nSPS) is 12.2. The lowest BCUT2D eigenvalue weighted by Gasteiger charge is -2.22. The Labute approximate surface area is 147 Å². The van der Waals surface area contributed by atoms with Gasteiger partial charge in [0.1, 0.15) is 0 Å². The number of nitrogens with one attached hydrogen (secondary N) is 2. The Hall–Kier alpha value is -3.08. The number of fused-ring (bicyclic) bond motifs is 1. The summed E-state index contributed by atoms with van der Waals surface area (Å²) in [7, 11) is 0. The molecular formula is C20H21N3O2. The molecule has 0 aromatic heterocycles. The van der Waals surface area contributed by atoms with Gasteiger partial charge < -0.3 is 15.5 Å². The highest BCUT2D eigenvalue weighted by molar-refractivity contribution is 6.00. The van der Waals surface area contributed by atoms with Crippen LogP contribution < -0.4 is 10.6 Å². The molecule has 5 nitrogen and oxygen atoms in total. The second-order valence-corrected chi connectivity index (χ2v) is 6.00. The van der Waals surface area contributed by atoms with Crippen LogP contribution in [0.2, 0.25) is 0 Å². The van der Waals surface area contributed by atoms with Crippen molar-refractivity contribution in [2.75, 3.05) is 23.7 Å². The largest absolute Gasteiger partial charge is 0.326 e. The summed E-state index contributed by atoms with van der Waals surface area (Å²) in [5.74, 6) is -0.0189. The molecule has 0 spiro atoms. The minimum absolute atomic E-state index is 0.0189. The predicted octanol–water partition coefficient (Wildman–Crippen LogP) is 3.44. The molecule has 1 heterocycles. The Bertz CT molecular complexity index is 787. The lowest BCUT2D eigenvalue weighted by molar-refractivity contribution is -0.115. The van der Waals surface area contributed by atoms with E-state index >= 15 is 0 Å². The number of carbonyl (C=O) groups excluding carboxylic acids is 2. The molecular weight excluding hydrogens is 314 g/mol. The molecule has 2 aromatic carbocycles. The average Bonchev–Trinajstić information content (AvgIpc) is 2.98. The molecule has 0 aliphatic carbocycles. The van der Waals surface area contributed by atoms with Crippen molar-refractivity contribution in [1.82, 2.24) is 4.90 Å². The molecule has 1 aliphatic rings. The number of urea groups is 1. The second kappa shape index (κ2) is 7.66. The minimum atomic E-state index is -0.173. The molecule has 3 amide bonds. The van der Waals surface area contributed by atoms with E-state index in [9.17, 15) is 9.59 Å². The van der Waals surface area contributed by atoms with Crippen molar-refractivity contribution in [2.24, 2.45) is 0 Å². The second-order valence-electron chi connectivity index (χ2n) is 6.00. The molecule has 0 bridgehead atoms. The van der Waals surface area contributed by atoms with E-state index in [-0.39, 0.29) is 11.9 Å². The third kappa shape index (κ3) is 4.26. The van der Waals surface area contributed by atoms with Crippen LogP contribution in [0, 0.1) is 0 Å². The predicted molar refractivity (Wildman–Crippen MR) is 99.7 cm³/mol. The first-order valence-electron chi connectivity index (χ1n) is 8.29. The molecule has 1 aliphatic heterocycles. The van der Waals surface area contributed by atoms with Gasteiger partial charge in [0, 0.05) is 24.5 Å². The van der Waals surface area contributed by atoms with Gasteiger partial charge in [-0.3, -0.25) is 4.79 Å². The Balaban J connectivity index is 1.63. The fourth-order valence-corrected chi connectivity index (χ4v) is 2.85. The van der Waals surface area contributed by atoms with Crippen molar-refractivity contribution < 1.29 is 9.59 Å². The number of anilines is 2.